The first kappa shape index (κ1) is 14.6. The molecule has 0 spiro atoms. The van der Waals surface area contributed by atoms with Gasteiger partial charge in [-0.15, -0.1) is 0 Å². The summed E-state index contributed by atoms with van der Waals surface area (Å²) >= 11 is 5.98. The standard InChI is InChI=1S/C17H22ClN3/c1-12-10-20-21-17(12)11-19-16-4-2-3-14(9-16)13-5-7-15(18)8-6-13/h5-8,10,14,16,19H,2-4,9,11H2,1H3,(H,20,21). The van der Waals surface area contributed by atoms with Crippen molar-refractivity contribution < 1.29 is 0 Å². The molecule has 112 valence electrons. The number of hydrogen-bond acceptors (Lipinski definition) is 2. The van der Waals surface area contributed by atoms with Crippen LogP contribution in [0.4, 0.5) is 0 Å². The molecule has 1 aliphatic rings. The van der Waals surface area contributed by atoms with Crippen LogP contribution in [0.5, 0.6) is 0 Å². The lowest BCUT2D eigenvalue weighted by Crippen LogP contribution is -2.33. The van der Waals surface area contributed by atoms with E-state index in [1.165, 1.54) is 42.5 Å². The largest absolute Gasteiger partial charge is 0.308 e. The lowest BCUT2D eigenvalue weighted by Gasteiger charge is -2.30. The summed E-state index contributed by atoms with van der Waals surface area (Å²) in [5.41, 5.74) is 3.85. The summed E-state index contributed by atoms with van der Waals surface area (Å²) in [5, 5.41) is 11.6. The van der Waals surface area contributed by atoms with E-state index in [9.17, 15) is 0 Å². The van der Waals surface area contributed by atoms with Gasteiger partial charge in [-0.3, -0.25) is 5.10 Å². The second-order valence-corrected chi connectivity index (χ2v) is 6.46. The monoisotopic (exact) mass is 303 g/mol. The second kappa shape index (κ2) is 6.63. The van der Waals surface area contributed by atoms with Gasteiger partial charge in [-0.05, 0) is 55.4 Å². The van der Waals surface area contributed by atoms with Crippen LogP contribution < -0.4 is 5.32 Å². The number of aromatic amines is 1. The quantitative estimate of drug-likeness (QED) is 0.889. The zero-order chi connectivity index (χ0) is 14.7. The van der Waals surface area contributed by atoms with Crippen molar-refractivity contribution in [1.82, 2.24) is 15.5 Å². The summed E-state index contributed by atoms with van der Waals surface area (Å²) in [6, 6.07) is 8.94. The van der Waals surface area contributed by atoms with E-state index in [0.717, 1.165) is 11.6 Å². The fraction of sp³-hybridized carbons (Fsp3) is 0.471. The minimum atomic E-state index is 0.585. The van der Waals surface area contributed by atoms with Crippen LogP contribution in [0.3, 0.4) is 0 Å². The van der Waals surface area contributed by atoms with Crippen molar-refractivity contribution in [1.29, 1.82) is 0 Å². The molecule has 2 N–H and O–H groups in total. The molecule has 1 aromatic heterocycles. The predicted octanol–water partition coefficient (Wildman–Crippen LogP) is 4.19. The molecular formula is C17H22ClN3. The van der Waals surface area contributed by atoms with E-state index in [4.69, 9.17) is 11.6 Å². The van der Waals surface area contributed by atoms with E-state index in [1.807, 2.05) is 18.3 Å². The van der Waals surface area contributed by atoms with E-state index in [1.54, 1.807) is 0 Å². The van der Waals surface area contributed by atoms with Gasteiger partial charge < -0.3 is 5.32 Å². The molecule has 2 unspecified atom stereocenters. The molecule has 3 rings (SSSR count). The number of aryl methyl sites for hydroxylation is 1. The van der Waals surface area contributed by atoms with Gasteiger partial charge >= 0.3 is 0 Å². The van der Waals surface area contributed by atoms with E-state index in [2.05, 4.69) is 34.6 Å². The van der Waals surface area contributed by atoms with Gasteiger partial charge in [0.25, 0.3) is 0 Å². The molecule has 0 amide bonds. The molecular weight excluding hydrogens is 282 g/mol. The third-order valence-electron chi connectivity index (χ3n) is 4.52. The molecule has 21 heavy (non-hydrogen) atoms. The summed E-state index contributed by atoms with van der Waals surface area (Å²) in [5.74, 6) is 0.649. The Kier molecular flexibility index (Phi) is 4.61. The Morgan fingerprint density at radius 1 is 1.29 bits per heavy atom. The fourth-order valence-electron chi connectivity index (χ4n) is 3.21. The maximum atomic E-state index is 5.98. The number of nitrogens with one attached hydrogen (secondary N) is 2. The third-order valence-corrected chi connectivity index (χ3v) is 4.77. The minimum absolute atomic E-state index is 0.585. The topological polar surface area (TPSA) is 40.7 Å². The summed E-state index contributed by atoms with van der Waals surface area (Å²) in [6.07, 6.45) is 6.91. The summed E-state index contributed by atoms with van der Waals surface area (Å²) in [4.78, 5) is 0. The number of nitrogens with zero attached hydrogens (tertiary/aromatic N) is 1. The summed E-state index contributed by atoms with van der Waals surface area (Å²) in [7, 11) is 0. The molecule has 2 aromatic rings. The summed E-state index contributed by atoms with van der Waals surface area (Å²) in [6.45, 7) is 2.97. The first-order valence-corrected chi connectivity index (χ1v) is 8.08. The van der Waals surface area contributed by atoms with E-state index in [0.29, 0.717) is 12.0 Å². The highest BCUT2D eigenvalue weighted by Crippen LogP contribution is 2.33. The van der Waals surface area contributed by atoms with Gasteiger partial charge in [0.1, 0.15) is 0 Å². The molecule has 3 nitrogen and oxygen atoms in total. The van der Waals surface area contributed by atoms with Crippen LogP contribution >= 0.6 is 11.6 Å². The molecule has 0 bridgehead atoms. The van der Waals surface area contributed by atoms with Gasteiger partial charge in [-0.2, -0.15) is 5.10 Å². The predicted molar refractivity (Wildman–Crippen MR) is 86.6 cm³/mol. The highest BCUT2D eigenvalue weighted by Gasteiger charge is 2.23. The lowest BCUT2D eigenvalue weighted by atomic mass is 9.81. The molecule has 1 saturated carbocycles. The highest BCUT2D eigenvalue weighted by molar-refractivity contribution is 6.30. The number of halogens is 1. The van der Waals surface area contributed by atoms with Gasteiger partial charge in [0.15, 0.2) is 0 Å². The fourth-order valence-corrected chi connectivity index (χ4v) is 3.34. The van der Waals surface area contributed by atoms with Crippen molar-refractivity contribution >= 4 is 11.6 Å². The molecule has 1 heterocycles. The minimum Gasteiger partial charge on any atom is -0.308 e. The van der Waals surface area contributed by atoms with Crippen molar-refractivity contribution in [2.24, 2.45) is 0 Å². The zero-order valence-corrected chi connectivity index (χ0v) is 13.2. The van der Waals surface area contributed by atoms with Crippen molar-refractivity contribution in [2.45, 2.75) is 51.1 Å². The number of benzene rings is 1. The van der Waals surface area contributed by atoms with Crippen molar-refractivity contribution in [2.75, 3.05) is 0 Å². The maximum Gasteiger partial charge on any atom is 0.0519 e. The molecule has 1 aromatic carbocycles. The molecule has 1 aliphatic carbocycles. The van der Waals surface area contributed by atoms with Gasteiger partial charge in [0, 0.05) is 17.6 Å². The Hall–Kier alpha value is -1.32. The van der Waals surface area contributed by atoms with Crippen LogP contribution in [0.25, 0.3) is 0 Å². The first-order chi connectivity index (χ1) is 10.2. The zero-order valence-electron chi connectivity index (χ0n) is 12.4. The Morgan fingerprint density at radius 2 is 2.10 bits per heavy atom. The SMILES string of the molecule is Cc1cn[nH]c1CNC1CCCC(c2ccc(Cl)cc2)C1. The Morgan fingerprint density at radius 3 is 2.81 bits per heavy atom. The lowest BCUT2D eigenvalue weighted by molar-refractivity contribution is 0.337. The van der Waals surface area contributed by atoms with Crippen LogP contribution in [0.1, 0.15) is 48.4 Å². The van der Waals surface area contributed by atoms with Gasteiger partial charge in [0.2, 0.25) is 0 Å². The van der Waals surface area contributed by atoms with Crippen molar-refractivity contribution in [3.8, 4) is 0 Å². The van der Waals surface area contributed by atoms with E-state index >= 15 is 0 Å². The molecule has 4 heteroatoms. The van der Waals surface area contributed by atoms with Crippen LogP contribution in [0.15, 0.2) is 30.5 Å². The Balaban J connectivity index is 1.58. The first-order valence-electron chi connectivity index (χ1n) is 7.70. The van der Waals surface area contributed by atoms with Crippen LogP contribution in [-0.2, 0) is 6.54 Å². The highest BCUT2D eigenvalue weighted by atomic mass is 35.5. The average Bonchev–Trinajstić information content (AvgIpc) is 2.91. The summed E-state index contributed by atoms with van der Waals surface area (Å²) < 4.78 is 0. The third kappa shape index (κ3) is 3.66. The average molecular weight is 304 g/mol. The normalized spacial score (nSPS) is 22.4. The molecule has 0 aliphatic heterocycles. The number of aromatic nitrogens is 2. The molecule has 1 fully saturated rings. The molecule has 2 atom stereocenters. The van der Waals surface area contributed by atoms with Crippen molar-refractivity contribution in [3.05, 3.63) is 52.3 Å². The van der Waals surface area contributed by atoms with Crippen molar-refractivity contribution in [3.63, 3.8) is 0 Å². The van der Waals surface area contributed by atoms with Crippen LogP contribution in [-0.4, -0.2) is 16.2 Å². The van der Waals surface area contributed by atoms with Crippen LogP contribution in [0, 0.1) is 6.92 Å². The maximum absolute atomic E-state index is 5.98. The van der Waals surface area contributed by atoms with E-state index < -0.39 is 0 Å². The van der Waals surface area contributed by atoms with Crippen LogP contribution in [0.2, 0.25) is 5.02 Å². The van der Waals surface area contributed by atoms with Gasteiger partial charge in [-0.25, -0.2) is 0 Å². The number of H-pyrrole nitrogens is 1. The smallest absolute Gasteiger partial charge is 0.0519 e. The Bertz CT molecular complexity index is 576. The Labute approximate surface area is 131 Å². The number of rotatable bonds is 4. The van der Waals surface area contributed by atoms with Gasteiger partial charge in [0.05, 0.1) is 11.9 Å². The van der Waals surface area contributed by atoms with Gasteiger partial charge in [-0.1, -0.05) is 30.2 Å². The van der Waals surface area contributed by atoms with E-state index in [-0.39, 0.29) is 0 Å². The molecule has 0 radical (unpaired) electrons. The number of hydrogen-bond donors (Lipinski definition) is 2. The second-order valence-electron chi connectivity index (χ2n) is 6.02. The molecule has 0 saturated heterocycles.